The van der Waals surface area contributed by atoms with Gasteiger partial charge in [-0.15, -0.1) is 0 Å². The fourth-order valence-corrected chi connectivity index (χ4v) is 5.03. The summed E-state index contributed by atoms with van der Waals surface area (Å²) in [5.74, 6) is -0.691. The van der Waals surface area contributed by atoms with Gasteiger partial charge in [0.1, 0.15) is 0 Å². The number of benzene rings is 1. The van der Waals surface area contributed by atoms with Crippen LogP contribution in [0.25, 0.3) is 0 Å². The summed E-state index contributed by atoms with van der Waals surface area (Å²) in [4.78, 5) is 52.6. The van der Waals surface area contributed by atoms with Crippen LogP contribution in [0.1, 0.15) is 36.5 Å². The van der Waals surface area contributed by atoms with Crippen molar-refractivity contribution in [3.05, 3.63) is 44.0 Å². The Balaban J connectivity index is 1.52. The minimum absolute atomic E-state index is 0.0488. The van der Waals surface area contributed by atoms with Gasteiger partial charge in [-0.1, -0.05) is 0 Å². The third-order valence-corrected chi connectivity index (χ3v) is 6.43. The number of non-ortho nitro benzene ring substituents is 2. The predicted octanol–water partition coefficient (Wildman–Crippen LogP) is 1.56. The Bertz CT molecular complexity index is 871. The molecule has 4 atom stereocenters. The van der Waals surface area contributed by atoms with Crippen molar-refractivity contribution >= 4 is 23.2 Å². The SMILES string of the molecule is C[C@@]12[C@H]3CC[C@@H]1[C@H](ONC(=O)c1cc([N+](=O)[O-])cc([N+](=O)[O-])c1)C(=O)N2CC3. The van der Waals surface area contributed by atoms with Crippen molar-refractivity contribution in [2.75, 3.05) is 6.54 Å². The Morgan fingerprint density at radius 1 is 1.18 bits per heavy atom. The topological polar surface area (TPSA) is 145 Å². The molecule has 0 radical (unpaired) electrons. The normalized spacial score (nSPS) is 30.4. The van der Waals surface area contributed by atoms with Crippen LogP contribution in [0.4, 0.5) is 11.4 Å². The number of amides is 2. The van der Waals surface area contributed by atoms with Gasteiger partial charge in [0.15, 0.2) is 6.10 Å². The van der Waals surface area contributed by atoms with Gasteiger partial charge in [-0.2, -0.15) is 0 Å². The molecule has 1 aliphatic carbocycles. The van der Waals surface area contributed by atoms with E-state index in [1.807, 2.05) is 4.90 Å². The van der Waals surface area contributed by atoms with Gasteiger partial charge < -0.3 is 4.90 Å². The largest absolute Gasteiger partial charge is 0.334 e. The molecule has 2 saturated heterocycles. The Morgan fingerprint density at radius 2 is 1.82 bits per heavy atom. The number of hydrogen-bond donors (Lipinski definition) is 1. The number of rotatable bonds is 5. The van der Waals surface area contributed by atoms with E-state index in [1.54, 1.807) is 0 Å². The quantitative estimate of drug-likeness (QED) is 0.593. The molecule has 2 aliphatic heterocycles. The molecule has 0 bridgehead atoms. The lowest BCUT2D eigenvalue weighted by Crippen LogP contribution is -2.42. The van der Waals surface area contributed by atoms with Crippen LogP contribution >= 0.6 is 0 Å². The van der Waals surface area contributed by atoms with Crippen LogP contribution in [0.5, 0.6) is 0 Å². The van der Waals surface area contributed by atoms with Crippen LogP contribution in [0.15, 0.2) is 18.2 Å². The second-order valence-corrected chi connectivity index (χ2v) is 7.61. The van der Waals surface area contributed by atoms with Crippen molar-refractivity contribution in [3.8, 4) is 0 Å². The van der Waals surface area contributed by atoms with E-state index in [0.717, 1.165) is 37.5 Å². The zero-order valence-electron chi connectivity index (χ0n) is 15.0. The molecule has 0 aromatic heterocycles. The number of nitrogens with zero attached hydrogens (tertiary/aromatic N) is 3. The van der Waals surface area contributed by atoms with E-state index in [0.29, 0.717) is 12.5 Å². The summed E-state index contributed by atoms with van der Waals surface area (Å²) in [6.07, 6.45) is 1.95. The summed E-state index contributed by atoms with van der Waals surface area (Å²) in [7, 11) is 0. The number of nitro groups is 2. The molecule has 2 amide bonds. The predicted molar refractivity (Wildman–Crippen MR) is 93.0 cm³/mol. The van der Waals surface area contributed by atoms with E-state index < -0.39 is 33.2 Å². The van der Waals surface area contributed by atoms with Crippen LogP contribution in [0.3, 0.4) is 0 Å². The molecule has 1 aromatic carbocycles. The van der Waals surface area contributed by atoms with E-state index >= 15 is 0 Å². The average molecular weight is 390 g/mol. The fourth-order valence-electron chi connectivity index (χ4n) is 5.03. The summed E-state index contributed by atoms with van der Waals surface area (Å²) in [5, 5.41) is 21.9. The minimum Gasteiger partial charge on any atom is -0.334 e. The van der Waals surface area contributed by atoms with Crippen LogP contribution in [-0.2, 0) is 9.63 Å². The molecule has 1 N–H and O–H groups in total. The molecule has 0 unspecified atom stereocenters. The Morgan fingerprint density at radius 3 is 2.43 bits per heavy atom. The standard InChI is InChI=1S/C17H18N4O7/c1-17-10-2-3-13(17)14(16(23)19(17)5-4-10)28-18-15(22)9-6-11(20(24)25)8-12(7-9)21(26)27/h6-8,10,13-14H,2-5H2,1H3,(H,18,22)/t10-,13+,14-,17+/m0/s1. The summed E-state index contributed by atoms with van der Waals surface area (Å²) in [6, 6.07) is 2.62. The van der Waals surface area contributed by atoms with Crippen molar-refractivity contribution in [1.29, 1.82) is 0 Å². The monoisotopic (exact) mass is 390 g/mol. The van der Waals surface area contributed by atoms with E-state index in [4.69, 9.17) is 4.84 Å². The Kier molecular flexibility index (Phi) is 4.07. The number of nitro benzene ring substituents is 2. The molecule has 3 aliphatic rings. The second-order valence-electron chi connectivity index (χ2n) is 7.61. The highest BCUT2D eigenvalue weighted by atomic mass is 16.7. The van der Waals surface area contributed by atoms with E-state index in [9.17, 15) is 29.8 Å². The van der Waals surface area contributed by atoms with Gasteiger partial charge in [-0.05, 0) is 32.1 Å². The lowest BCUT2D eigenvalue weighted by molar-refractivity contribution is -0.394. The molecule has 1 saturated carbocycles. The van der Waals surface area contributed by atoms with Crippen molar-refractivity contribution in [2.45, 2.75) is 37.8 Å². The molecule has 2 heterocycles. The molecule has 11 nitrogen and oxygen atoms in total. The smallest absolute Gasteiger partial charge is 0.277 e. The highest BCUT2D eigenvalue weighted by molar-refractivity contribution is 5.95. The van der Waals surface area contributed by atoms with Gasteiger partial charge in [-0.3, -0.25) is 34.7 Å². The molecule has 0 spiro atoms. The highest BCUT2D eigenvalue weighted by Gasteiger charge is 2.65. The highest BCUT2D eigenvalue weighted by Crippen LogP contribution is 2.56. The number of nitrogens with one attached hydrogen (secondary N) is 1. The zero-order chi connectivity index (χ0) is 20.2. The lowest BCUT2D eigenvalue weighted by atomic mass is 9.84. The molecule has 148 valence electrons. The van der Waals surface area contributed by atoms with Crippen LogP contribution in [0.2, 0.25) is 0 Å². The molecule has 11 heteroatoms. The van der Waals surface area contributed by atoms with Gasteiger partial charge in [0, 0.05) is 30.1 Å². The van der Waals surface area contributed by atoms with Gasteiger partial charge >= 0.3 is 0 Å². The van der Waals surface area contributed by atoms with E-state index in [-0.39, 0.29) is 22.9 Å². The third kappa shape index (κ3) is 2.53. The van der Waals surface area contributed by atoms with Gasteiger partial charge in [0.2, 0.25) is 0 Å². The van der Waals surface area contributed by atoms with E-state index in [1.165, 1.54) is 0 Å². The Labute approximate surface area is 158 Å². The number of carbonyl (C=O) groups excluding carboxylic acids is 2. The summed E-state index contributed by atoms with van der Waals surface area (Å²) in [5.41, 5.74) is 0.444. The number of hydroxylamine groups is 1. The molecule has 3 fully saturated rings. The first-order valence-corrected chi connectivity index (χ1v) is 8.95. The van der Waals surface area contributed by atoms with Crippen molar-refractivity contribution in [2.24, 2.45) is 11.8 Å². The average Bonchev–Trinajstić information content (AvgIpc) is 3.23. The first kappa shape index (κ1) is 18.3. The van der Waals surface area contributed by atoms with Crippen LogP contribution in [-0.4, -0.2) is 44.7 Å². The number of hydrogen-bond acceptors (Lipinski definition) is 7. The van der Waals surface area contributed by atoms with Crippen molar-refractivity contribution in [3.63, 3.8) is 0 Å². The van der Waals surface area contributed by atoms with Crippen LogP contribution < -0.4 is 5.48 Å². The fraction of sp³-hybridized carbons (Fsp3) is 0.529. The summed E-state index contributed by atoms with van der Waals surface area (Å²) < 4.78 is 0. The van der Waals surface area contributed by atoms with Gasteiger partial charge in [-0.25, -0.2) is 5.48 Å². The van der Waals surface area contributed by atoms with Crippen molar-refractivity contribution in [1.82, 2.24) is 10.4 Å². The van der Waals surface area contributed by atoms with Crippen molar-refractivity contribution < 1.29 is 24.3 Å². The minimum atomic E-state index is -0.883. The Hall–Kier alpha value is -3.08. The van der Waals surface area contributed by atoms with E-state index in [2.05, 4.69) is 12.4 Å². The van der Waals surface area contributed by atoms with Crippen LogP contribution in [0, 0.1) is 32.1 Å². The molecule has 4 rings (SSSR count). The first-order chi connectivity index (χ1) is 13.2. The molecular weight excluding hydrogens is 372 g/mol. The lowest BCUT2D eigenvalue weighted by Gasteiger charge is -2.31. The molecular formula is C17H18N4O7. The summed E-state index contributed by atoms with van der Waals surface area (Å²) in [6.45, 7) is 2.72. The maximum atomic E-state index is 12.7. The maximum Gasteiger partial charge on any atom is 0.277 e. The molecule has 28 heavy (non-hydrogen) atoms. The third-order valence-electron chi connectivity index (χ3n) is 6.43. The van der Waals surface area contributed by atoms with Gasteiger partial charge in [0.05, 0.1) is 21.5 Å². The second kappa shape index (κ2) is 6.23. The molecule has 1 aromatic rings. The number of carbonyl (C=O) groups is 2. The maximum absolute atomic E-state index is 12.7. The zero-order valence-corrected chi connectivity index (χ0v) is 15.0. The first-order valence-electron chi connectivity index (χ1n) is 8.95. The summed E-state index contributed by atoms with van der Waals surface area (Å²) >= 11 is 0. The van der Waals surface area contributed by atoms with Gasteiger partial charge in [0.25, 0.3) is 23.2 Å².